The lowest BCUT2D eigenvalue weighted by atomic mass is 9.99. The number of amides is 1. The Morgan fingerprint density at radius 1 is 1.27 bits per heavy atom. The lowest BCUT2D eigenvalue weighted by Crippen LogP contribution is -2.46. The fourth-order valence-electron chi connectivity index (χ4n) is 2.56. The second kappa shape index (κ2) is 6.50. The van der Waals surface area contributed by atoms with E-state index >= 15 is 0 Å². The predicted molar refractivity (Wildman–Crippen MR) is 88.4 cm³/mol. The number of nitrogens with one attached hydrogen (secondary N) is 1. The van der Waals surface area contributed by atoms with E-state index in [9.17, 15) is 9.90 Å². The van der Waals surface area contributed by atoms with Crippen molar-refractivity contribution in [1.29, 1.82) is 0 Å². The molecule has 1 aromatic carbocycles. The van der Waals surface area contributed by atoms with Gasteiger partial charge < -0.3 is 10.4 Å². The van der Waals surface area contributed by atoms with Crippen molar-refractivity contribution >= 4 is 17.7 Å². The second-order valence-corrected chi connectivity index (χ2v) is 6.52. The van der Waals surface area contributed by atoms with Crippen molar-refractivity contribution < 1.29 is 9.90 Å². The summed E-state index contributed by atoms with van der Waals surface area (Å²) in [5.74, 6) is 1.03. The van der Waals surface area contributed by atoms with Crippen molar-refractivity contribution in [3.8, 4) is 11.1 Å². The lowest BCUT2D eigenvalue weighted by molar-refractivity contribution is -0.137. The minimum atomic E-state index is -1.21. The van der Waals surface area contributed by atoms with Gasteiger partial charge in [0.25, 0.3) is 5.91 Å². The van der Waals surface area contributed by atoms with Gasteiger partial charge in [-0.15, -0.1) is 0 Å². The average Bonchev–Trinajstić information content (AvgIpc) is 3.02. The molecule has 0 saturated carbocycles. The van der Waals surface area contributed by atoms with Gasteiger partial charge in [-0.2, -0.15) is 11.8 Å². The van der Waals surface area contributed by atoms with Crippen LogP contribution in [0.2, 0.25) is 0 Å². The molecule has 0 aliphatic carbocycles. The normalized spacial score (nSPS) is 20.8. The molecule has 1 aromatic heterocycles. The fraction of sp³-hybridized carbons (Fsp3) is 0.294. The topological polar surface area (TPSA) is 62.2 Å². The molecule has 0 bridgehead atoms. The van der Waals surface area contributed by atoms with Crippen LogP contribution in [0, 0.1) is 0 Å². The Labute approximate surface area is 134 Å². The van der Waals surface area contributed by atoms with Gasteiger partial charge in [0.1, 0.15) is 0 Å². The van der Waals surface area contributed by atoms with Gasteiger partial charge in [0.2, 0.25) is 0 Å². The van der Waals surface area contributed by atoms with Gasteiger partial charge >= 0.3 is 0 Å². The van der Waals surface area contributed by atoms with Gasteiger partial charge in [-0.1, -0.05) is 24.3 Å². The zero-order valence-electron chi connectivity index (χ0n) is 12.2. The van der Waals surface area contributed by atoms with Crippen LogP contribution in [-0.2, 0) is 11.3 Å². The van der Waals surface area contributed by atoms with Crippen LogP contribution >= 0.6 is 11.8 Å². The van der Waals surface area contributed by atoms with Crippen LogP contribution in [0.5, 0.6) is 0 Å². The molecule has 1 amide bonds. The summed E-state index contributed by atoms with van der Waals surface area (Å²) < 4.78 is 0. The molecule has 1 atom stereocenters. The molecule has 0 radical (unpaired) electrons. The predicted octanol–water partition coefficient (Wildman–Crippen LogP) is 2.23. The standard InChI is InChI=1S/C17H18N2O2S/c20-16(17(21)7-10-22-12-17)19-11-14-3-1-2-4-15(14)13-5-8-18-9-6-13/h1-6,8-9,21H,7,10-12H2,(H,19,20). The van der Waals surface area contributed by atoms with Gasteiger partial charge in [-0.3, -0.25) is 9.78 Å². The quantitative estimate of drug-likeness (QED) is 0.908. The first-order valence-corrected chi connectivity index (χ1v) is 8.41. The zero-order valence-corrected chi connectivity index (χ0v) is 13.0. The van der Waals surface area contributed by atoms with E-state index in [0.717, 1.165) is 22.4 Å². The lowest BCUT2D eigenvalue weighted by Gasteiger charge is -2.20. The Morgan fingerprint density at radius 3 is 2.77 bits per heavy atom. The molecule has 1 saturated heterocycles. The van der Waals surface area contributed by atoms with E-state index in [0.29, 0.717) is 18.7 Å². The van der Waals surface area contributed by atoms with Crippen molar-refractivity contribution in [2.75, 3.05) is 11.5 Å². The molecule has 114 valence electrons. The zero-order chi connectivity index (χ0) is 15.4. The summed E-state index contributed by atoms with van der Waals surface area (Å²) in [6.45, 7) is 0.407. The molecule has 1 unspecified atom stereocenters. The van der Waals surface area contributed by atoms with Crippen molar-refractivity contribution in [3.05, 3.63) is 54.4 Å². The van der Waals surface area contributed by atoms with Gasteiger partial charge in [-0.05, 0) is 41.0 Å². The largest absolute Gasteiger partial charge is 0.379 e. The first-order chi connectivity index (χ1) is 10.7. The van der Waals surface area contributed by atoms with Crippen molar-refractivity contribution in [3.63, 3.8) is 0 Å². The maximum absolute atomic E-state index is 12.2. The third kappa shape index (κ3) is 3.15. The summed E-state index contributed by atoms with van der Waals surface area (Å²) >= 11 is 1.61. The van der Waals surface area contributed by atoms with Crippen LogP contribution < -0.4 is 5.32 Å². The Bertz CT molecular complexity index is 655. The SMILES string of the molecule is O=C(NCc1ccccc1-c1ccncc1)C1(O)CCSC1. The molecular formula is C17H18N2O2S. The van der Waals surface area contributed by atoms with E-state index in [1.807, 2.05) is 36.4 Å². The number of hydrogen-bond donors (Lipinski definition) is 2. The highest BCUT2D eigenvalue weighted by Crippen LogP contribution is 2.28. The van der Waals surface area contributed by atoms with Crippen LogP contribution in [0.15, 0.2) is 48.8 Å². The molecule has 1 aliphatic rings. The number of nitrogens with zero attached hydrogens (tertiary/aromatic N) is 1. The third-order valence-electron chi connectivity index (χ3n) is 3.87. The van der Waals surface area contributed by atoms with Gasteiger partial charge in [0.15, 0.2) is 5.60 Å². The summed E-state index contributed by atoms with van der Waals surface area (Å²) in [6.07, 6.45) is 4.03. The summed E-state index contributed by atoms with van der Waals surface area (Å²) in [4.78, 5) is 16.2. The van der Waals surface area contributed by atoms with E-state index in [4.69, 9.17) is 0 Å². The minimum Gasteiger partial charge on any atom is -0.379 e. The number of carbonyl (C=O) groups is 1. The van der Waals surface area contributed by atoms with Gasteiger partial charge in [0.05, 0.1) is 0 Å². The molecule has 22 heavy (non-hydrogen) atoms. The minimum absolute atomic E-state index is 0.276. The molecule has 2 aromatic rings. The number of benzene rings is 1. The Kier molecular flexibility index (Phi) is 4.45. The van der Waals surface area contributed by atoms with Crippen LogP contribution in [0.3, 0.4) is 0 Å². The highest BCUT2D eigenvalue weighted by molar-refractivity contribution is 7.99. The number of thioether (sulfide) groups is 1. The fourth-order valence-corrected chi connectivity index (χ4v) is 3.80. The molecule has 3 rings (SSSR count). The van der Waals surface area contributed by atoms with Crippen molar-refractivity contribution in [2.24, 2.45) is 0 Å². The molecule has 0 spiro atoms. The first kappa shape index (κ1) is 15.1. The number of aliphatic hydroxyl groups is 1. The molecular weight excluding hydrogens is 296 g/mol. The van der Waals surface area contributed by atoms with Crippen LogP contribution in [0.4, 0.5) is 0 Å². The van der Waals surface area contributed by atoms with Gasteiger partial charge in [0, 0.05) is 24.7 Å². The van der Waals surface area contributed by atoms with E-state index in [-0.39, 0.29) is 5.91 Å². The van der Waals surface area contributed by atoms with Crippen molar-refractivity contribution in [2.45, 2.75) is 18.6 Å². The maximum Gasteiger partial charge on any atom is 0.253 e. The highest BCUT2D eigenvalue weighted by Gasteiger charge is 2.39. The Morgan fingerprint density at radius 2 is 2.05 bits per heavy atom. The average molecular weight is 314 g/mol. The van der Waals surface area contributed by atoms with Crippen LogP contribution in [0.1, 0.15) is 12.0 Å². The number of carbonyl (C=O) groups excluding carboxylic acids is 1. The first-order valence-electron chi connectivity index (χ1n) is 7.26. The molecule has 5 heteroatoms. The van der Waals surface area contributed by atoms with E-state index < -0.39 is 5.60 Å². The maximum atomic E-state index is 12.2. The summed E-state index contributed by atoms with van der Waals surface area (Å²) in [5.41, 5.74) is 1.94. The summed E-state index contributed by atoms with van der Waals surface area (Å²) in [5, 5.41) is 13.2. The highest BCUT2D eigenvalue weighted by atomic mass is 32.2. The molecule has 2 heterocycles. The number of rotatable bonds is 4. The van der Waals surface area contributed by atoms with E-state index in [2.05, 4.69) is 10.3 Å². The summed E-state index contributed by atoms with van der Waals surface area (Å²) in [7, 11) is 0. The van der Waals surface area contributed by atoms with E-state index in [1.54, 1.807) is 24.2 Å². The van der Waals surface area contributed by atoms with Gasteiger partial charge in [-0.25, -0.2) is 0 Å². The number of pyridine rings is 1. The molecule has 1 aliphatic heterocycles. The summed E-state index contributed by atoms with van der Waals surface area (Å²) in [6, 6.07) is 11.8. The van der Waals surface area contributed by atoms with Crippen LogP contribution in [0.25, 0.3) is 11.1 Å². The third-order valence-corrected chi connectivity index (χ3v) is 5.05. The smallest absolute Gasteiger partial charge is 0.253 e. The monoisotopic (exact) mass is 314 g/mol. The van der Waals surface area contributed by atoms with Crippen LogP contribution in [-0.4, -0.2) is 33.1 Å². The second-order valence-electron chi connectivity index (χ2n) is 5.41. The Hall–Kier alpha value is -1.85. The number of hydrogen-bond acceptors (Lipinski definition) is 4. The van der Waals surface area contributed by atoms with E-state index in [1.165, 1.54) is 0 Å². The molecule has 1 fully saturated rings. The molecule has 4 nitrogen and oxygen atoms in total. The number of aromatic nitrogens is 1. The molecule has 2 N–H and O–H groups in total. The van der Waals surface area contributed by atoms with Crippen molar-refractivity contribution in [1.82, 2.24) is 10.3 Å². The Balaban J connectivity index is 1.75.